The van der Waals surface area contributed by atoms with Crippen LogP contribution < -0.4 is 5.73 Å². The smallest absolute Gasteiger partial charge is 0.110 e. The molecule has 0 amide bonds. The molecule has 3 N–H and O–H groups in total. The van der Waals surface area contributed by atoms with Crippen LogP contribution in [0.4, 0.5) is 0 Å². The van der Waals surface area contributed by atoms with Crippen molar-refractivity contribution in [3.8, 4) is 11.3 Å². The Kier molecular flexibility index (Phi) is 4.19. The molecular formula is C14H18BrN3. The summed E-state index contributed by atoms with van der Waals surface area (Å²) in [4.78, 5) is 7.77. The van der Waals surface area contributed by atoms with Gasteiger partial charge in [-0.25, -0.2) is 4.98 Å². The van der Waals surface area contributed by atoms with Crippen LogP contribution in [0.3, 0.4) is 0 Å². The summed E-state index contributed by atoms with van der Waals surface area (Å²) >= 11 is 3.51. The molecule has 1 aromatic carbocycles. The van der Waals surface area contributed by atoms with Gasteiger partial charge in [0.05, 0.1) is 0 Å². The second kappa shape index (κ2) is 5.67. The van der Waals surface area contributed by atoms with E-state index in [1.807, 2.05) is 0 Å². The average Bonchev–Trinajstić information content (AvgIpc) is 2.71. The van der Waals surface area contributed by atoms with Gasteiger partial charge in [-0.05, 0) is 34.0 Å². The van der Waals surface area contributed by atoms with E-state index in [1.54, 1.807) is 0 Å². The van der Waals surface area contributed by atoms with Crippen LogP contribution in [-0.2, 0) is 6.42 Å². The normalized spacial score (nSPS) is 11.2. The van der Waals surface area contributed by atoms with Gasteiger partial charge in [0.25, 0.3) is 0 Å². The molecule has 0 saturated heterocycles. The molecule has 1 heterocycles. The Morgan fingerprint density at radius 2 is 1.94 bits per heavy atom. The number of aromatic amines is 1. The molecule has 0 fully saturated rings. The number of rotatable bonds is 4. The molecule has 18 heavy (non-hydrogen) atoms. The molecule has 0 aliphatic carbocycles. The van der Waals surface area contributed by atoms with E-state index in [0.717, 1.165) is 28.1 Å². The molecule has 2 rings (SSSR count). The van der Waals surface area contributed by atoms with Crippen LogP contribution >= 0.6 is 15.9 Å². The van der Waals surface area contributed by atoms with Crippen LogP contribution in [0.1, 0.15) is 31.2 Å². The number of nitrogens with two attached hydrogens (primary N) is 1. The highest BCUT2D eigenvalue weighted by molar-refractivity contribution is 9.10. The topological polar surface area (TPSA) is 54.7 Å². The van der Waals surface area contributed by atoms with Crippen LogP contribution in [0, 0.1) is 0 Å². The molecule has 1 aromatic heterocycles. The van der Waals surface area contributed by atoms with Crippen LogP contribution in [-0.4, -0.2) is 16.5 Å². The van der Waals surface area contributed by atoms with Gasteiger partial charge in [0, 0.05) is 12.0 Å². The number of aromatic nitrogens is 2. The molecule has 3 nitrogen and oxygen atoms in total. The summed E-state index contributed by atoms with van der Waals surface area (Å²) in [7, 11) is 0. The van der Waals surface area contributed by atoms with E-state index in [2.05, 4.69) is 64.0 Å². The number of imidazole rings is 1. The van der Waals surface area contributed by atoms with Gasteiger partial charge >= 0.3 is 0 Å². The highest BCUT2D eigenvalue weighted by atomic mass is 79.9. The van der Waals surface area contributed by atoms with Crippen molar-refractivity contribution in [3.63, 3.8) is 0 Å². The lowest BCUT2D eigenvalue weighted by Gasteiger charge is -2.05. The van der Waals surface area contributed by atoms with Crippen LogP contribution in [0.5, 0.6) is 0 Å². The monoisotopic (exact) mass is 307 g/mol. The fourth-order valence-corrected chi connectivity index (χ4v) is 2.42. The number of hydrogen-bond acceptors (Lipinski definition) is 2. The van der Waals surface area contributed by atoms with Crippen molar-refractivity contribution in [2.45, 2.75) is 26.2 Å². The highest BCUT2D eigenvalue weighted by Gasteiger charge is 2.10. The van der Waals surface area contributed by atoms with E-state index in [4.69, 9.17) is 5.73 Å². The minimum Gasteiger partial charge on any atom is -0.336 e. The van der Waals surface area contributed by atoms with Crippen molar-refractivity contribution < 1.29 is 0 Å². The van der Waals surface area contributed by atoms with Gasteiger partial charge in [-0.3, -0.25) is 0 Å². The van der Waals surface area contributed by atoms with Crippen LogP contribution in [0.15, 0.2) is 28.9 Å². The third kappa shape index (κ3) is 2.82. The number of benzene rings is 1. The number of hydrogen-bond donors (Lipinski definition) is 2. The molecule has 0 radical (unpaired) electrons. The summed E-state index contributed by atoms with van der Waals surface area (Å²) in [5.74, 6) is 1.47. The fraction of sp³-hybridized carbons (Fsp3) is 0.357. The molecular weight excluding hydrogens is 290 g/mol. The van der Waals surface area contributed by atoms with Crippen molar-refractivity contribution in [1.82, 2.24) is 9.97 Å². The third-order valence-electron chi connectivity index (χ3n) is 2.94. The molecule has 0 unspecified atom stereocenters. The molecule has 96 valence electrons. The van der Waals surface area contributed by atoms with E-state index in [0.29, 0.717) is 12.5 Å². The lowest BCUT2D eigenvalue weighted by Crippen LogP contribution is -2.03. The Balaban J connectivity index is 2.30. The Labute approximate surface area is 116 Å². The SMILES string of the molecule is CC(C)c1ccc(-c2nc(CCN)[nH]c2Br)cc1. The first-order chi connectivity index (χ1) is 8.61. The lowest BCUT2D eigenvalue weighted by molar-refractivity contribution is 0.867. The number of halogens is 1. The number of nitrogens with zero attached hydrogens (tertiary/aromatic N) is 1. The van der Waals surface area contributed by atoms with Gasteiger partial charge in [-0.1, -0.05) is 38.1 Å². The van der Waals surface area contributed by atoms with Gasteiger partial charge in [0.1, 0.15) is 16.1 Å². The Morgan fingerprint density at radius 1 is 1.28 bits per heavy atom. The molecule has 0 bridgehead atoms. The molecule has 0 saturated carbocycles. The first-order valence-electron chi connectivity index (χ1n) is 6.16. The Morgan fingerprint density at radius 3 is 2.50 bits per heavy atom. The minimum absolute atomic E-state index is 0.550. The highest BCUT2D eigenvalue weighted by Crippen LogP contribution is 2.27. The summed E-state index contributed by atoms with van der Waals surface area (Å²) in [5, 5.41) is 0. The zero-order valence-electron chi connectivity index (χ0n) is 10.7. The maximum Gasteiger partial charge on any atom is 0.110 e. The lowest BCUT2D eigenvalue weighted by atomic mass is 10.0. The Bertz CT molecular complexity index is 514. The van der Waals surface area contributed by atoms with Crippen molar-refractivity contribution in [2.24, 2.45) is 5.73 Å². The predicted molar refractivity (Wildman–Crippen MR) is 78.6 cm³/mol. The van der Waals surface area contributed by atoms with Gasteiger partial charge in [-0.15, -0.1) is 0 Å². The van der Waals surface area contributed by atoms with E-state index < -0.39 is 0 Å². The zero-order valence-corrected chi connectivity index (χ0v) is 12.3. The average molecular weight is 308 g/mol. The fourth-order valence-electron chi connectivity index (χ4n) is 1.87. The van der Waals surface area contributed by atoms with Crippen molar-refractivity contribution in [2.75, 3.05) is 6.54 Å². The molecule has 2 aromatic rings. The van der Waals surface area contributed by atoms with Crippen LogP contribution in [0.25, 0.3) is 11.3 Å². The van der Waals surface area contributed by atoms with E-state index in [-0.39, 0.29) is 0 Å². The standard InChI is InChI=1S/C14H18BrN3/c1-9(2)10-3-5-11(6-4-10)13-14(15)18-12(17-13)7-8-16/h3-6,9H,7-8,16H2,1-2H3,(H,17,18). The maximum absolute atomic E-state index is 5.54. The van der Waals surface area contributed by atoms with Crippen molar-refractivity contribution >= 4 is 15.9 Å². The second-order valence-electron chi connectivity index (χ2n) is 4.66. The number of nitrogens with one attached hydrogen (secondary N) is 1. The zero-order chi connectivity index (χ0) is 13.1. The van der Waals surface area contributed by atoms with Gasteiger partial charge < -0.3 is 10.7 Å². The van der Waals surface area contributed by atoms with E-state index in [9.17, 15) is 0 Å². The van der Waals surface area contributed by atoms with E-state index in [1.165, 1.54) is 5.56 Å². The second-order valence-corrected chi connectivity index (χ2v) is 5.45. The van der Waals surface area contributed by atoms with Crippen LogP contribution in [0.2, 0.25) is 0 Å². The summed E-state index contributed by atoms with van der Waals surface area (Å²) < 4.78 is 0.920. The Hall–Kier alpha value is -1.13. The molecule has 4 heteroatoms. The largest absolute Gasteiger partial charge is 0.336 e. The summed E-state index contributed by atoms with van der Waals surface area (Å²) in [6, 6.07) is 8.54. The molecule has 0 spiro atoms. The molecule has 0 aliphatic rings. The van der Waals surface area contributed by atoms with Gasteiger partial charge in [0.2, 0.25) is 0 Å². The first-order valence-corrected chi connectivity index (χ1v) is 6.96. The predicted octanol–water partition coefficient (Wildman–Crippen LogP) is 3.46. The van der Waals surface area contributed by atoms with Gasteiger partial charge in [0.15, 0.2) is 0 Å². The first kappa shape index (κ1) is 13.3. The molecule has 0 atom stereocenters. The van der Waals surface area contributed by atoms with E-state index >= 15 is 0 Å². The van der Waals surface area contributed by atoms with Crippen molar-refractivity contribution in [3.05, 3.63) is 40.3 Å². The van der Waals surface area contributed by atoms with Gasteiger partial charge in [-0.2, -0.15) is 0 Å². The summed E-state index contributed by atoms with van der Waals surface area (Å²) in [5.41, 5.74) is 8.95. The molecule has 0 aliphatic heterocycles. The minimum atomic E-state index is 0.550. The van der Waals surface area contributed by atoms with Crippen molar-refractivity contribution in [1.29, 1.82) is 0 Å². The summed E-state index contributed by atoms with van der Waals surface area (Å²) in [6.07, 6.45) is 0.767. The number of H-pyrrole nitrogens is 1. The summed E-state index contributed by atoms with van der Waals surface area (Å²) in [6.45, 7) is 4.99. The third-order valence-corrected chi connectivity index (χ3v) is 3.51. The quantitative estimate of drug-likeness (QED) is 0.909. The maximum atomic E-state index is 5.54.